The molecule has 0 aromatic heterocycles. The molecule has 1 heterocycles. The lowest BCUT2D eigenvalue weighted by Gasteiger charge is -2.24. The summed E-state index contributed by atoms with van der Waals surface area (Å²) in [7, 11) is 1.62. The Morgan fingerprint density at radius 2 is 2.17 bits per heavy atom. The number of nitrogens with one attached hydrogen (secondary N) is 1. The summed E-state index contributed by atoms with van der Waals surface area (Å²) in [6.45, 7) is 1.53. The largest absolute Gasteiger partial charge is 0.337 e. The van der Waals surface area contributed by atoms with E-state index in [9.17, 15) is 13.6 Å². The average molecular weight is 277 g/mol. The Bertz CT molecular complexity index is 436. The number of carbonyl (C=O) groups excluding carboxylic acids is 1. The molecule has 0 radical (unpaired) electrons. The molecule has 1 N–H and O–H groups in total. The molecule has 1 aliphatic heterocycles. The summed E-state index contributed by atoms with van der Waals surface area (Å²) in [6.07, 6.45) is 0.833. The van der Waals surface area contributed by atoms with E-state index in [1.165, 1.54) is 17.0 Å². The number of hydrogen-bond acceptors (Lipinski definition) is 2. The maximum Gasteiger partial charge on any atom is 0.256 e. The van der Waals surface area contributed by atoms with Crippen molar-refractivity contribution in [1.82, 2.24) is 10.2 Å². The van der Waals surface area contributed by atoms with Crippen molar-refractivity contribution in [3.8, 4) is 0 Å². The molecule has 0 saturated carbocycles. The average Bonchev–Trinajstić information content (AvgIpc) is 2.84. The van der Waals surface area contributed by atoms with Crippen molar-refractivity contribution in [3.63, 3.8) is 0 Å². The summed E-state index contributed by atoms with van der Waals surface area (Å²) in [6, 6.07) is 3.69. The SMILES string of the molecule is CN(C(=O)c1cccc(F)c1F)[C@H]1CCNC1.Cl. The molecule has 1 atom stereocenters. The number of likely N-dealkylation sites (N-methyl/N-ethyl adjacent to an activating group) is 1. The van der Waals surface area contributed by atoms with Gasteiger partial charge in [0.15, 0.2) is 11.6 Å². The highest BCUT2D eigenvalue weighted by molar-refractivity contribution is 5.94. The number of hydrogen-bond donors (Lipinski definition) is 1. The lowest BCUT2D eigenvalue weighted by Crippen LogP contribution is -2.38. The fraction of sp³-hybridized carbons (Fsp3) is 0.417. The second-order valence-electron chi connectivity index (χ2n) is 4.16. The zero-order chi connectivity index (χ0) is 12.4. The quantitative estimate of drug-likeness (QED) is 0.894. The summed E-state index contributed by atoms with van der Waals surface area (Å²) in [5.74, 6) is -2.54. The Balaban J connectivity index is 0.00000162. The second kappa shape index (κ2) is 6.11. The van der Waals surface area contributed by atoms with E-state index in [1.54, 1.807) is 7.05 Å². The molecule has 0 aliphatic carbocycles. The van der Waals surface area contributed by atoms with Crippen molar-refractivity contribution in [3.05, 3.63) is 35.4 Å². The molecule has 0 bridgehead atoms. The number of benzene rings is 1. The van der Waals surface area contributed by atoms with E-state index in [0.717, 1.165) is 19.0 Å². The number of carbonyl (C=O) groups is 1. The molecule has 1 aromatic carbocycles. The predicted molar refractivity (Wildman–Crippen MR) is 67.0 cm³/mol. The highest BCUT2D eigenvalue weighted by Gasteiger charge is 2.26. The van der Waals surface area contributed by atoms with Crippen LogP contribution in [0.3, 0.4) is 0 Å². The minimum atomic E-state index is -1.07. The Labute approximate surface area is 111 Å². The molecule has 6 heteroatoms. The van der Waals surface area contributed by atoms with E-state index in [1.807, 2.05) is 0 Å². The van der Waals surface area contributed by atoms with Gasteiger partial charge in [-0.3, -0.25) is 4.79 Å². The first-order chi connectivity index (χ1) is 8.11. The fourth-order valence-corrected chi connectivity index (χ4v) is 1.99. The lowest BCUT2D eigenvalue weighted by molar-refractivity contribution is 0.0738. The number of nitrogens with zero attached hydrogens (tertiary/aromatic N) is 1. The highest BCUT2D eigenvalue weighted by Crippen LogP contribution is 2.16. The van der Waals surface area contributed by atoms with Crippen LogP contribution in [0.15, 0.2) is 18.2 Å². The molecule has 1 fully saturated rings. The molecule has 100 valence electrons. The van der Waals surface area contributed by atoms with Gasteiger partial charge >= 0.3 is 0 Å². The van der Waals surface area contributed by atoms with Crippen molar-refractivity contribution in [2.75, 3.05) is 20.1 Å². The van der Waals surface area contributed by atoms with Crippen LogP contribution >= 0.6 is 12.4 Å². The summed E-state index contributed by atoms with van der Waals surface area (Å²) in [5, 5.41) is 3.12. The predicted octanol–water partition coefficient (Wildman–Crippen LogP) is 1.82. The zero-order valence-corrected chi connectivity index (χ0v) is 10.8. The summed E-state index contributed by atoms with van der Waals surface area (Å²) in [4.78, 5) is 13.5. The molecule has 2 rings (SSSR count). The van der Waals surface area contributed by atoms with E-state index < -0.39 is 17.5 Å². The van der Waals surface area contributed by atoms with Gasteiger partial charge in [-0.25, -0.2) is 8.78 Å². The molecule has 1 aromatic rings. The molecule has 0 unspecified atom stereocenters. The smallest absolute Gasteiger partial charge is 0.256 e. The Morgan fingerprint density at radius 1 is 1.44 bits per heavy atom. The zero-order valence-electron chi connectivity index (χ0n) is 9.95. The normalized spacial score (nSPS) is 18.3. The van der Waals surface area contributed by atoms with Crippen molar-refractivity contribution in [1.29, 1.82) is 0 Å². The fourth-order valence-electron chi connectivity index (χ4n) is 1.99. The van der Waals surface area contributed by atoms with E-state index >= 15 is 0 Å². The molecule has 1 saturated heterocycles. The first-order valence-electron chi connectivity index (χ1n) is 5.53. The molecule has 0 spiro atoms. The molecule has 1 aliphatic rings. The van der Waals surface area contributed by atoms with E-state index in [-0.39, 0.29) is 24.0 Å². The number of rotatable bonds is 2. The van der Waals surface area contributed by atoms with Gasteiger partial charge in [0.2, 0.25) is 0 Å². The molecule has 1 amide bonds. The summed E-state index contributed by atoms with van der Waals surface area (Å²) < 4.78 is 26.5. The molecular weight excluding hydrogens is 262 g/mol. The topological polar surface area (TPSA) is 32.3 Å². The van der Waals surface area contributed by atoms with Gasteiger partial charge in [0, 0.05) is 19.6 Å². The highest BCUT2D eigenvalue weighted by atomic mass is 35.5. The van der Waals surface area contributed by atoms with Gasteiger partial charge in [0.25, 0.3) is 5.91 Å². The van der Waals surface area contributed by atoms with E-state index in [2.05, 4.69) is 5.32 Å². The standard InChI is InChI=1S/C12H14F2N2O.ClH/c1-16(8-5-6-15-7-8)12(17)9-3-2-4-10(13)11(9)14;/h2-4,8,15H,5-7H2,1H3;1H/t8-;/m0./s1. The van der Waals surface area contributed by atoms with Crippen LogP contribution < -0.4 is 5.32 Å². The van der Waals surface area contributed by atoms with Gasteiger partial charge in [-0.05, 0) is 25.1 Å². The van der Waals surface area contributed by atoms with Crippen LogP contribution in [0.5, 0.6) is 0 Å². The lowest BCUT2D eigenvalue weighted by atomic mass is 10.1. The van der Waals surface area contributed by atoms with Gasteiger partial charge in [-0.15, -0.1) is 12.4 Å². The molecular formula is C12H15ClF2N2O. The van der Waals surface area contributed by atoms with Gasteiger partial charge < -0.3 is 10.2 Å². The van der Waals surface area contributed by atoms with Crippen LogP contribution in [0.2, 0.25) is 0 Å². The third-order valence-corrected chi connectivity index (χ3v) is 3.08. The van der Waals surface area contributed by atoms with Crippen LogP contribution in [0.4, 0.5) is 8.78 Å². The van der Waals surface area contributed by atoms with Crippen LogP contribution in [-0.2, 0) is 0 Å². The Kier molecular flexibility index (Phi) is 5.04. The van der Waals surface area contributed by atoms with E-state index in [4.69, 9.17) is 0 Å². The van der Waals surface area contributed by atoms with Gasteiger partial charge in [-0.2, -0.15) is 0 Å². The third kappa shape index (κ3) is 2.79. The summed E-state index contributed by atoms with van der Waals surface area (Å²) in [5.41, 5.74) is -0.209. The van der Waals surface area contributed by atoms with Crippen molar-refractivity contribution in [2.45, 2.75) is 12.5 Å². The van der Waals surface area contributed by atoms with Crippen LogP contribution in [-0.4, -0.2) is 37.0 Å². The monoisotopic (exact) mass is 276 g/mol. The minimum absolute atomic E-state index is 0. The second-order valence-corrected chi connectivity index (χ2v) is 4.16. The number of halogens is 3. The van der Waals surface area contributed by atoms with Crippen LogP contribution in [0, 0.1) is 11.6 Å². The van der Waals surface area contributed by atoms with Gasteiger partial charge in [-0.1, -0.05) is 6.07 Å². The first kappa shape index (κ1) is 14.9. The third-order valence-electron chi connectivity index (χ3n) is 3.08. The van der Waals surface area contributed by atoms with Crippen molar-refractivity contribution >= 4 is 18.3 Å². The maximum atomic E-state index is 13.5. The molecule has 18 heavy (non-hydrogen) atoms. The summed E-state index contributed by atoms with van der Waals surface area (Å²) >= 11 is 0. The molecule has 3 nitrogen and oxygen atoms in total. The maximum absolute atomic E-state index is 13.5. The Morgan fingerprint density at radius 3 is 2.78 bits per heavy atom. The minimum Gasteiger partial charge on any atom is -0.337 e. The van der Waals surface area contributed by atoms with Crippen molar-refractivity contribution < 1.29 is 13.6 Å². The van der Waals surface area contributed by atoms with Gasteiger partial charge in [0.1, 0.15) is 0 Å². The van der Waals surface area contributed by atoms with Crippen molar-refractivity contribution in [2.24, 2.45) is 0 Å². The van der Waals surface area contributed by atoms with Crippen LogP contribution in [0.25, 0.3) is 0 Å². The Hall–Kier alpha value is -1.20. The van der Waals surface area contributed by atoms with Gasteiger partial charge in [0.05, 0.1) is 5.56 Å². The first-order valence-corrected chi connectivity index (χ1v) is 5.53. The van der Waals surface area contributed by atoms with Crippen LogP contribution in [0.1, 0.15) is 16.8 Å². The number of amides is 1. The van der Waals surface area contributed by atoms with E-state index in [0.29, 0.717) is 6.54 Å².